The van der Waals surface area contributed by atoms with Crippen LogP contribution in [-0.4, -0.2) is 14.3 Å². The number of nitrogens with one attached hydrogen (secondary N) is 1. The highest BCUT2D eigenvalue weighted by atomic mass is 79.9. The van der Waals surface area contributed by atoms with Gasteiger partial charge in [-0.1, -0.05) is 0 Å². The molecule has 2 rings (SSSR count). The third kappa shape index (κ3) is 1.24. The molecule has 0 radical (unpaired) electrons. The first kappa shape index (κ1) is 9.60. The van der Waals surface area contributed by atoms with Gasteiger partial charge in [0.2, 0.25) is 0 Å². The molecule has 0 fully saturated rings. The lowest BCUT2D eigenvalue weighted by atomic mass is 10.2. The van der Waals surface area contributed by atoms with Crippen LogP contribution in [-0.2, 0) is 10.0 Å². The van der Waals surface area contributed by atoms with Gasteiger partial charge in [-0.3, -0.25) is 4.79 Å². The van der Waals surface area contributed by atoms with Gasteiger partial charge in [0.25, 0.3) is 15.9 Å². The fourth-order valence-electron chi connectivity index (χ4n) is 1.16. The SMILES string of the molecule is O=C1NS(=O)(=O)c2cc(F)c(Br)cc21. The number of hydrogen-bond donors (Lipinski definition) is 1. The summed E-state index contributed by atoms with van der Waals surface area (Å²) in [5.74, 6) is -1.45. The molecule has 7 heteroatoms. The molecule has 1 heterocycles. The van der Waals surface area contributed by atoms with Gasteiger partial charge < -0.3 is 0 Å². The monoisotopic (exact) mass is 279 g/mol. The normalized spacial score (nSPS) is 17.7. The minimum atomic E-state index is -3.85. The summed E-state index contributed by atoms with van der Waals surface area (Å²) in [6.07, 6.45) is 0. The predicted octanol–water partition coefficient (Wildman–Crippen LogP) is 1.02. The molecule has 1 aromatic rings. The molecule has 0 bridgehead atoms. The van der Waals surface area contributed by atoms with Crippen molar-refractivity contribution < 1.29 is 17.6 Å². The summed E-state index contributed by atoms with van der Waals surface area (Å²) in [6.45, 7) is 0. The highest BCUT2D eigenvalue weighted by Crippen LogP contribution is 2.27. The predicted molar refractivity (Wildman–Crippen MR) is 48.8 cm³/mol. The van der Waals surface area contributed by atoms with E-state index in [1.165, 1.54) is 0 Å². The van der Waals surface area contributed by atoms with E-state index in [1.807, 2.05) is 0 Å². The number of carbonyl (C=O) groups excluding carboxylic acids is 1. The smallest absolute Gasteiger partial charge is 0.266 e. The molecule has 0 saturated carbocycles. The minimum absolute atomic E-state index is 0.0433. The lowest BCUT2D eigenvalue weighted by Gasteiger charge is -1.97. The van der Waals surface area contributed by atoms with E-state index in [-0.39, 0.29) is 14.9 Å². The first-order chi connectivity index (χ1) is 6.42. The molecule has 0 aliphatic carbocycles. The number of benzene rings is 1. The van der Waals surface area contributed by atoms with Gasteiger partial charge in [-0.15, -0.1) is 0 Å². The zero-order valence-corrected chi connectivity index (χ0v) is 8.95. The molecule has 14 heavy (non-hydrogen) atoms. The molecular formula is C7H3BrFNO3S. The Bertz CT molecular complexity index is 540. The second-order valence-electron chi connectivity index (χ2n) is 2.70. The van der Waals surface area contributed by atoms with Crippen LogP contribution in [0.5, 0.6) is 0 Å². The maximum atomic E-state index is 13.0. The van der Waals surface area contributed by atoms with Crippen LogP contribution in [0.3, 0.4) is 0 Å². The number of hydrogen-bond acceptors (Lipinski definition) is 3. The molecular weight excluding hydrogens is 277 g/mol. The summed E-state index contributed by atoms with van der Waals surface area (Å²) < 4.78 is 37.2. The van der Waals surface area contributed by atoms with Gasteiger partial charge >= 0.3 is 0 Å². The Labute approximate surface area is 87.3 Å². The zero-order chi connectivity index (χ0) is 10.5. The molecule has 0 atom stereocenters. The molecule has 0 aromatic heterocycles. The van der Waals surface area contributed by atoms with Crippen molar-refractivity contribution in [1.29, 1.82) is 0 Å². The minimum Gasteiger partial charge on any atom is -0.268 e. The molecule has 1 aliphatic heterocycles. The molecule has 4 nitrogen and oxygen atoms in total. The lowest BCUT2D eigenvalue weighted by Crippen LogP contribution is -2.20. The highest BCUT2D eigenvalue weighted by molar-refractivity contribution is 9.10. The molecule has 1 N–H and O–H groups in total. The highest BCUT2D eigenvalue weighted by Gasteiger charge is 2.33. The van der Waals surface area contributed by atoms with Crippen LogP contribution in [0, 0.1) is 5.82 Å². The zero-order valence-electron chi connectivity index (χ0n) is 6.54. The molecule has 0 unspecified atom stereocenters. The Morgan fingerprint density at radius 2 is 2.00 bits per heavy atom. The maximum absolute atomic E-state index is 13.0. The van der Waals surface area contributed by atoms with Crippen molar-refractivity contribution in [3.63, 3.8) is 0 Å². The fourth-order valence-corrected chi connectivity index (χ4v) is 2.67. The lowest BCUT2D eigenvalue weighted by molar-refractivity contribution is 0.0985. The van der Waals surface area contributed by atoms with Crippen LogP contribution in [0.1, 0.15) is 10.4 Å². The van der Waals surface area contributed by atoms with Crippen molar-refractivity contribution in [3.8, 4) is 0 Å². The molecule has 1 amide bonds. The average molecular weight is 280 g/mol. The van der Waals surface area contributed by atoms with E-state index in [0.717, 1.165) is 12.1 Å². The molecule has 1 aliphatic rings. The van der Waals surface area contributed by atoms with Crippen molar-refractivity contribution in [2.75, 3.05) is 0 Å². The second-order valence-corrected chi connectivity index (χ2v) is 5.20. The Morgan fingerprint density at radius 3 is 2.64 bits per heavy atom. The Hall–Kier alpha value is -0.950. The Balaban J connectivity index is 2.83. The summed E-state index contributed by atoms with van der Waals surface area (Å²) in [5, 5.41) is 0. The average Bonchev–Trinajstić information content (AvgIpc) is 2.26. The number of halogens is 2. The number of fused-ring (bicyclic) bond motifs is 1. The summed E-state index contributed by atoms with van der Waals surface area (Å²) >= 11 is 2.86. The van der Waals surface area contributed by atoms with Gasteiger partial charge in [0.1, 0.15) is 10.7 Å². The first-order valence-corrected chi connectivity index (χ1v) is 5.75. The Morgan fingerprint density at radius 1 is 1.36 bits per heavy atom. The van der Waals surface area contributed by atoms with E-state index in [0.29, 0.717) is 0 Å². The Kier molecular flexibility index (Phi) is 1.90. The fraction of sp³-hybridized carbons (Fsp3) is 0. The van der Waals surface area contributed by atoms with Crippen molar-refractivity contribution in [3.05, 3.63) is 28.0 Å². The topological polar surface area (TPSA) is 63.2 Å². The first-order valence-electron chi connectivity index (χ1n) is 3.48. The summed E-state index contributed by atoms with van der Waals surface area (Å²) in [5.41, 5.74) is -0.0433. The summed E-state index contributed by atoms with van der Waals surface area (Å²) in [4.78, 5) is 10.8. The van der Waals surface area contributed by atoms with Crippen LogP contribution in [0.2, 0.25) is 0 Å². The third-order valence-electron chi connectivity index (χ3n) is 1.78. The van der Waals surface area contributed by atoms with Crippen LogP contribution in [0.25, 0.3) is 0 Å². The quantitative estimate of drug-likeness (QED) is 0.771. The van der Waals surface area contributed by atoms with Crippen molar-refractivity contribution in [1.82, 2.24) is 4.72 Å². The van der Waals surface area contributed by atoms with E-state index in [2.05, 4.69) is 15.9 Å². The summed E-state index contributed by atoms with van der Waals surface area (Å²) in [7, 11) is -3.85. The van der Waals surface area contributed by atoms with Gasteiger partial charge in [-0.25, -0.2) is 17.5 Å². The van der Waals surface area contributed by atoms with Gasteiger partial charge in [0, 0.05) is 0 Å². The van der Waals surface area contributed by atoms with Gasteiger partial charge in [-0.05, 0) is 28.1 Å². The van der Waals surface area contributed by atoms with Crippen LogP contribution in [0.4, 0.5) is 4.39 Å². The van der Waals surface area contributed by atoms with E-state index < -0.39 is 21.7 Å². The van der Waals surface area contributed by atoms with E-state index in [4.69, 9.17) is 0 Å². The number of amides is 1. The van der Waals surface area contributed by atoms with E-state index >= 15 is 0 Å². The molecule has 74 valence electrons. The van der Waals surface area contributed by atoms with E-state index in [9.17, 15) is 17.6 Å². The summed E-state index contributed by atoms with van der Waals surface area (Å²) in [6, 6.07) is 1.96. The van der Waals surface area contributed by atoms with Gasteiger partial charge in [-0.2, -0.15) is 0 Å². The van der Waals surface area contributed by atoms with Crippen molar-refractivity contribution in [2.24, 2.45) is 0 Å². The van der Waals surface area contributed by atoms with E-state index in [1.54, 1.807) is 4.72 Å². The number of carbonyl (C=O) groups is 1. The third-order valence-corrected chi connectivity index (χ3v) is 3.76. The van der Waals surface area contributed by atoms with Crippen LogP contribution in [0.15, 0.2) is 21.5 Å². The molecule has 1 aromatic carbocycles. The van der Waals surface area contributed by atoms with Crippen molar-refractivity contribution in [2.45, 2.75) is 4.90 Å². The second kappa shape index (κ2) is 2.77. The maximum Gasteiger partial charge on any atom is 0.266 e. The van der Waals surface area contributed by atoms with Crippen molar-refractivity contribution >= 4 is 31.9 Å². The molecule has 0 saturated heterocycles. The number of sulfonamides is 1. The number of rotatable bonds is 0. The molecule has 0 spiro atoms. The van der Waals surface area contributed by atoms with Crippen LogP contribution >= 0.6 is 15.9 Å². The van der Waals surface area contributed by atoms with Gasteiger partial charge in [0.15, 0.2) is 0 Å². The van der Waals surface area contributed by atoms with Crippen LogP contribution < -0.4 is 4.72 Å². The largest absolute Gasteiger partial charge is 0.268 e. The van der Waals surface area contributed by atoms with Gasteiger partial charge in [0.05, 0.1) is 10.0 Å². The standard InChI is InChI=1S/C7H3BrFNO3S/c8-4-1-3-6(2-5(4)9)14(12,13)10-7(3)11/h1-2H,(H,10,11).